The SMILES string of the molecule is CCOc1nc2cc(N3CCOCC3)ccc2n1C(=O)CCCCc1ccccc1.CCOc1nc2ccc(N3CCOCC3)cc2n1C(=O)CCCCc1ccccc1. The number of unbranched alkanes of at least 4 members (excludes halogenated alkanes) is 2. The van der Waals surface area contributed by atoms with Gasteiger partial charge >= 0.3 is 12.0 Å². The molecule has 12 heteroatoms. The van der Waals surface area contributed by atoms with E-state index < -0.39 is 0 Å². The number of benzene rings is 4. The third-order valence-electron chi connectivity index (χ3n) is 10.9. The van der Waals surface area contributed by atoms with Crippen LogP contribution in [0.2, 0.25) is 0 Å². The van der Waals surface area contributed by atoms with Crippen LogP contribution >= 0.6 is 0 Å². The highest BCUT2D eigenvalue weighted by atomic mass is 16.5. The van der Waals surface area contributed by atoms with Crippen LogP contribution in [0.3, 0.4) is 0 Å². The van der Waals surface area contributed by atoms with Gasteiger partial charge in [0.2, 0.25) is 11.8 Å². The molecule has 0 bridgehead atoms. The van der Waals surface area contributed by atoms with Gasteiger partial charge in [0.15, 0.2) is 0 Å². The second kappa shape index (κ2) is 21.5. The highest BCUT2D eigenvalue weighted by Gasteiger charge is 2.22. The van der Waals surface area contributed by atoms with E-state index in [2.05, 4.69) is 86.5 Å². The number of carbonyl (C=O) groups is 2. The van der Waals surface area contributed by atoms with Gasteiger partial charge in [-0.3, -0.25) is 9.59 Å². The van der Waals surface area contributed by atoms with Crippen molar-refractivity contribution in [3.63, 3.8) is 0 Å². The second-order valence-electron chi connectivity index (χ2n) is 15.0. The maximum absolute atomic E-state index is 13.1. The lowest BCUT2D eigenvalue weighted by Crippen LogP contribution is -2.36. The lowest BCUT2D eigenvalue weighted by Gasteiger charge is -2.28. The van der Waals surface area contributed by atoms with Crippen molar-refractivity contribution in [3.8, 4) is 12.0 Å². The Kier molecular flexibility index (Phi) is 15.2. The molecule has 0 amide bonds. The first-order chi connectivity index (χ1) is 29.5. The Morgan fingerprint density at radius 3 is 1.53 bits per heavy atom. The lowest BCUT2D eigenvalue weighted by molar-refractivity contribution is 0.0881. The van der Waals surface area contributed by atoms with Crippen molar-refractivity contribution in [2.45, 2.75) is 65.2 Å². The zero-order valence-electron chi connectivity index (χ0n) is 35.1. The fourth-order valence-electron chi connectivity index (χ4n) is 7.78. The smallest absolute Gasteiger partial charge is 0.304 e. The van der Waals surface area contributed by atoms with Crippen LogP contribution in [0.5, 0.6) is 12.0 Å². The van der Waals surface area contributed by atoms with Crippen LogP contribution in [0.1, 0.15) is 73.1 Å². The van der Waals surface area contributed by atoms with Gasteiger partial charge < -0.3 is 28.7 Å². The van der Waals surface area contributed by atoms with E-state index in [1.165, 1.54) is 11.1 Å². The molecule has 0 atom stereocenters. The lowest BCUT2D eigenvalue weighted by atomic mass is 10.1. The van der Waals surface area contributed by atoms with Crippen LogP contribution in [0.4, 0.5) is 11.4 Å². The molecule has 4 heterocycles. The Bertz CT molecular complexity index is 2280. The molecule has 0 radical (unpaired) electrons. The van der Waals surface area contributed by atoms with Crippen LogP contribution in [-0.2, 0) is 22.3 Å². The predicted molar refractivity (Wildman–Crippen MR) is 237 cm³/mol. The van der Waals surface area contributed by atoms with E-state index in [9.17, 15) is 9.59 Å². The van der Waals surface area contributed by atoms with Gasteiger partial charge in [-0.2, -0.15) is 9.97 Å². The molecule has 0 aliphatic carbocycles. The standard InChI is InChI=1S/2C24H29N3O3/c1-2-30-24-25-21-18-20(26-14-16-29-17-15-26)12-13-22(21)27(24)23(28)11-7-6-10-19-8-4-3-5-9-19;1-2-30-24-25-21-13-12-20(26-14-16-29-17-15-26)18-22(21)27(24)23(28)11-7-6-10-19-8-4-3-5-9-19/h2*3-5,8-9,12-13,18H,2,6-7,10-11,14-17H2,1H3. The van der Waals surface area contributed by atoms with Crippen molar-refractivity contribution in [3.05, 3.63) is 108 Å². The predicted octanol–water partition coefficient (Wildman–Crippen LogP) is 8.65. The molecule has 2 aromatic heterocycles. The molecule has 12 nitrogen and oxygen atoms in total. The van der Waals surface area contributed by atoms with E-state index in [4.69, 9.17) is 18.9 Å². The summed E-state index contributed by atoms with van der Waals surface area (Å²) < 4.78 is 25.6. The number of rotatable bonds is 16. The minimum absolute atomic E-state index is 0.0353. The monoisotopic (exact) mass is 814 g/mol. The van der Waals surface area contributed by atoms with Crippen LogP contribution in [0.15, 0.2) is 97.1 Å². The Hall–Kier alpha value is -5.72. The number of anilines is 2. The zero-order valence-corrected chi connectivity index (χ0v) is 35.1. The molecule has 316 valence electrons. The Labute approximate surface area is 353 Å². The summed E-state index contributed by atoms with van der Waals surface area (Å²) in [6, 6.07) is 33.7. The van der Waals surface area contributed by atoms with Gasteiger partial charge in [0, 0.05) is 50.4 Å². The molecule has 2 aliphatic heterocycles. The number of imidazole rings is 2. The van der Waals surface area contributed by atoms with E-state index in [1.54, 1.807) is 9.13 Å². The average Bonchev–Trinajstić information content (AvgIpc) is 3.85. The Morgan fingerprint density at radius 2 is 1.02 bits per heavy atom. The summed E-state index contributed by atoms with van der Waals surface area (Å²) in [7, 11) is 0. The van der Waals surface area contributed by atoms with Gasteiger partial charge in [0.25, 0.3) is 0 Å². The molecule has 6 aromatic rings. The van der Waals surface area contributed by atoms with Crippen molar-refractivity contribution in [1.82, 2.24) is 19.1 Å². The molecule has 0 spiro atoms. The van der Waals surface area contributed by atoms with Gasteiger partial charge in [0.1, 0.15) is 0 Å². The van der Waals surface area contributed by atoms with Crippen molar-refractivity contribution in [2.75, 3.05) is 75.6 Å². The number of hydrogen-bond donors (Lipinski definition) is 0. The molecule has 2 aliphatic rings. The minimum Gasteiger partial charge on any atom is -0.465 e. The normalized spacial score (nSPS) is 14.2. The molecular formula is C48H58N6O6. The number of nitrogens with zero attached hydrogens (tertiary/aromatic N) is 6. The summed E-state index contributed by atoms with van der Waals surface area (Å²) in [5, 5.41) is 0. The first-order valence-corrected chi connectivity index (χ1v) is 21.6. The average molecular weight is 815 g/mol. The maximum Gasteiger partial charge on any atom is 0.304 e. The summed E-state index contributed by atoms with van der Waals surface area (Å²) >= 11 is 0. The summed E-state index contributed by atoms with van der Waals surface area (Å²) in [4.78, 5) is 39.9. The van der Waals surface area contributed by atoms with Gasteiger partial charge in [-0.25, -0.2) is 9.13 Å². The van der Waals surface area contributed by atoms with Crippen LogP contribution < -0.4 is 19.3 Å². The largest absolute Gasteiger partial charge is 0.465 e. The quantitative estimate of drug-likeness (QED) is 0.0881. The summed E-state index contributed by atoms with van der Waals surface area (Å²) in [5.41, 5.74) is 8.01. The summed E-state index contributed by atoms with van der Waals surface area (Å²) in [6.45, 7) is 11.1. The molecule has 2 fully saturated rings. The summed E-state index contributed by atoms with van der Waals surface area (Å²) in [6.07, 6.45) is 6.55. The molecular weight excluding hydrogens is 757 g/mol. The summed E-state index contributed by atoms with van der Waals surface area (Å²) in [5.74, 6) is 0.0706. The van der Waals surface area contributed by atoms with Crippen LogP contribution in [0.25, 0.3) is 22.1 Å². The van der Waals surface area contributed by atoms with Gasteiger partial charge in [-0.1, -0.05) is 60.7 Å². The number of ether oxygens (including phenoxy) is 4. The number of fused-ring (bicyclic) bond motifs is 2. The molecule has 8 rings (SSSR count). The van der Waals surface area contributed by atoms with E-state index in [-0.39, 0.29) is 11.8 Å². The van der Waals surface area contributed by atoms with E-state index in [0.29, 0.717) is 38.1 Å². The van der Waals surface area contributed by atoms with Crippen molar-refractivity contribution >= 4 is 45.3 Å². The third-order valence-corrected chi connectivity index (χ3v) is 10.9. The van der Waals surface area contributed by atoms with Crippen molar-refractivity contribution < 1.29 is 28.5 Å². The fourth-order valence-corrected chi connectivity index (χ4v) is 7.78. The minimum atomic E-state index is 0.0353. The molecule has 0 unspecified atom stereocenters. The number of carbonyl (C=O) groups excluding carboxylic acids is 2. The van der Waals surface area contributed by atoms with Gasteiger partial charge in [-0.05, 0) is 99.9 Å². The third kappa shape index (κ3) is 10.9. The van der Waals surface area contributed by atoms with E-state index in [1.807, 2.05) is 44.2 Å². The molecule has 0 saturated carbocycles. The van der Waals surface area contributed by atoms with Crippen molar-refractivity contribution in [2.24, 2.45) is 0 Å². The molecule has 0 N–H and O–H groups in total. The number of hydrogen-bond acceptors (Lipinski definition) is 10. The van der Waals surface area contributed by atoms with Gasteiger partial charge in [-0.15, -0.1) is 0 Å². The molecule has 4 aromatic carbocycles. The number of aromatic nitrogens is 4. The van der Waals surface area contributed by atoms with E-state index >= 15 is 0 Å². The molecule has 60 heavy (non-hydrogen) atoms. The fraction of sp³-hybridized carbons (Fsp3) is 0.417. The maximum atomic E-state index is 13.1. The van der Waals surface area contributed by atoms with Crippen molar-refractivity contribution in [1.29, 1.82) is 0 Å². The first-order valence-electron chi connectivity index (χ1n) is 21.6. The van der Waals surface area contributed by atoms with Crippen LogP contribution in [0, 0.1) is 0 Å². The highest BCUT2D eigenvalue weighted by Crippen LogP contribution is 2.29. The highest BCUT2D eigenvalue weighted by molar-refractivity contribution is 5.94. The Balaban J connectivity index is 0.000000181. The van der Waals surface area contributed by atoms with Crippen LogP contribution in [-0.4, -0.2) is 96.7 Å². The zero-order chi connectivity index (χ0) is 41.5. The number of morpholine rings is 2. The number of aryl methyl sites for hydroxylation is 2. The molecule has 2 saturated heterocycles. The van der Waals surface area contributed by atoms with Gasteiger partial charge in [0.05, 0.1) is 61.7 Å². The van der Waals surface area contributed by atoms with E-state index in [0.717, 1.165) is 125 Å². The topological polar surface area (TPSA) is 113 Å². The first kappa shape index (κ1) is 42.4. The Morgan fingerprint density at radius 1 is 0.550 bits per heavy atom. The second-order valence-corrected chi connectivity index (χ2v) is 15.0.